The highest BCUT2D eigenvalue weighted by Gasteiger charge is 2.34. The summed E-state index contributed by atoms with van der Waals surface area (Å²) in [6.07, 6.45) is 1.52. The average Bonchev–Trinajstić information content (AvgIpc) is 2.48. The molecule has 0 saturated carbocycles. The van der Waals surface area contributed by atoms with Crippen molar-refractivity contribution in [3.05, 3.63) is 35.6 Å². The third-order valence-electron chi connectivity index (χ3n) is 4.12. The average molecular weight is 295 g/mol. The van der Waals surface area contributed by atoms with E-state index >= 15 is 0 Å². The molecule has 1 saturated heterocycles. The van der Waals surface area contributed by atoms with Gasteiger partial charge in [-0.25, -0.2) is 4.39 Å². The van der Waals surface area contributed by atoms with Crippen molar-refractivity contribution in [2.24, 2.45) is 0 Å². The zero-order valence-electron chi connectivity index (χ0n) is 12.3. The lowest BCUT2D eigenvalue weighted by Gasteiger charge is -2.38. The number of halogens is 1. The Kier molecular flexibility index (Phi) is 4.96. The monoisotopic (exact) mass is 295 g/mol. The Hall–Kier alpha value is -1.46. The van der Waals surface area contributed by atoms with Crippen LogP contribution in [0.25, 0.3) is 0 Å². The topological polar surface area (TPSA) is 60.8 Å². The number of piperidine rings is 1. The number of benzene rings is 1. The maximum Gasteiger partial charge on any atom is 0.223 e. The molecule has 1 aliphatic rings. The molecule has 0 aliphatic carbocycles. The molecule has 2 N–H and O–H groups in total. The van der Waals surface area contributed by atoms with E-state index in [4.69, 9.17) is 0 Å². The van der Waals surface area contributed by atoms with Crippen LogP contribution in [0.5, 0.6) is 0 Å². The molecule has 1 heterocycles. The van der Waals surface area contributed by atoms with E-state index in [0.717, 1.165) is 5.56 Å². The third kappa shape index (κ3) is 4.02. The van der Waals surface area contributed by atoms with Crippen LogP contribution in [0.15, 0.2) is 24.3 Å². The number of aliphatic hydroxyl groups is 2. The van der Waals surface area contributed by atoms with Gasteiger partial charge in [-0.3, -0.25) is 4.79 Å². The van der Waals surface area contributed by atoms with E-state index in [1.807, 2.05) is 6.92 Å². The number of β-amino-alcohol motifs (C(OH)–C–C–N with tert-alkyl or cyclic N) is 1. The Morgan fingerprint density at radius 3 is 2.71 bits per heavy atom. The lowest BCUT2D eigenvalue weighted by Crippen LogP contribution is -2.52. The minimum atomic E-state index is -1.17. The Bertz CT molecular complexity index is 491. The molecule has 1 aromatic rings. The second-order valence-electron chi connectivity index (χ2n) is 5.96. The third-order valence-corrected chi connectivity index (χ3v) is 4.12. The maximum atomic E-state index is 12.9. The summed E-state index contributed by atoms with van der Waals surface area (Å²) in [5.74, 6) is -0.345. The molecular formula is C16H22FNO3. The van der Waals surface area contributed by atoms with Gasteiger partial charge in [0.05, 0.1) is 13.2 Å². The minimum absolute atomic E-state index is 0.0118. The number of amides is 1. The number of carbonyl (C=O) groups excluding carboxylic acids is 1. The molecule has 116 valence electrons. The minimum Gasteiger partial charge on any atom is -0.393 e. The van der Waals surface area contributed by atoms with E-state index in [1.165, 1.54) is 12.1 Å². The van der Waals surface area contributed by atoms with E-state index in [9.17, 15) is 19.4 Å². The van der Waals surface area contributed by atoms with Crippen LogP contribution in [0.1, 0.15) is 37.7 Å². The van der Waals surface area contributed by atoms with Crippen LogP contribution >= 0.6 is 0 Å². The molecule has 21 heavy (non-hydrogen) atoms. The van der Waals surface area contributed by atoms with Gasteiger partial charge in [0.15, 0.2) is 0 Å². The van der Waals surface area contributed by atoms with Gasteiger partial charge in [0.25, 0.3) is 0 Å². The van der Waals surface area contributed by atoms with Crippen LogP contribution in [0, 0.1) is 5.82 Å². The number of rotatable bonds is 4. The van der Waals surface area contributed by atoms with Crippen LogP contribution in [0.4, 0.5) is 4.39 Å². The number of nitrogens with zero attached hydrogens (tertiary/aromatic N) is 1. The van der Waals surface area contributed by atoms with Gasteiger partial charge in [-0.05, 0) is 36.5 Å². The van der Waals surface area contributed by atoms with Crippen LogP contribution in [0.2, 0.25) is 0 Å². The van der Waals surface area contributed by atoms with Gasteiger partial charge in [-0.15, -0.1) is 0 Å². The first-order valence-electron chi connectivity index (χ1n) is 7.30. The van der Waals surface area contributed by atoms with Crippen molar-refractivity contribution in [2.45, 2.75) is 37.7 Å². The van der Waals surface area contributed by atoms with Crippen molar-refractivity contribution in [3.8, 4) is 0 Å². The normalized spacial score (nSPS) is 23.9. The lowest BCUT2D eigenvalue weighted by atomic mass is 9.92. The van der Waals surface area contributed by atoms with E-state index in [1.54, 1.807) is 17.0 Å². The first-order valence-corrected chi connectivity index (χ1v) is 7.30. The second-order valence-corrected chi connectivity index (χ2v) is 5.96. The fourth-order valence-corrected chi connectivity index (χ4v) is 2.75. The molecule has 1 aliphatic heterocycles. The molecule has 0 radical (unpaired) electrons. The van der Waals surface area contributed by atoms with Crippen molar-refractivity contribution >= 4 is 5.91 Å². The zero-order chi connectivity index (χ0) is 15.5. The quantitative estimate of drug-likeness (QED) is 0.888. The number of aliphatic hydroxyl groups excluding tert-OH is 1. The number of hydrogen-bond acceptors (Lipinski definition) is 3. The van der Waals surface area contributed by atoms with Gasteiger partial charge in [0.1, 0.15) is 11.4 Å². The predicted molar refractivity (Wildman–Crippen MR) is 77.3 cm³/mol. The number of carbonyl (C=O) groups is 1. The smallest absolute Gasteiger partial charge is 0.223 e. The van der Waals surface area contributed by atoms with Gasteiger partial charge in [-0.2, -0.15) is 0 Å². The molecule has 1 amide bonds. The number of hydrogen-bond donors (Lipinski definition) is 2. The second kappa shape index (κ2) is 6.54. The molecule has 2 atom stereocenters. The summed E-state index contributed by atoms with van der Waals surface area (Å²) in [6, 6.07) is 6.16. The molecular weight excluding hydrogens is 273 g/mol. The Balaban J connectivity index is 1.96. The van der Waals surface area contributed by atoms with Gasteiger partial charge >= 0.3 is 0 Å². The first-order chi connectivity index (χ1) is 9.93. The highest BCUT2D eigenvalue weighted by atomic mass is 19.1. The van der Waals surface area contributed by atoms with Crippen molar-refractivity contribution in [3.63, 3.8) is 0 Å². The molecule has 1 aromatic carbocycles. The van der Waals surface area contributed by atoms with Crippen LogP contribution in [-0.4, -0.2) is 46.3 Å². The standard InChI is InChI=1S/C16H22FNO3/c1-12(13-3-5-14(17)6-4-13)9-15(20)18-8-2-7-16(21,10-18)11-19/h3-6,12,19,21H,2,7-11H2,1H3/t12-,16-/m0/s1. The lowest BCUT2D eigenvalue weighted by molar-refractivity contribution is -0.141. The molecule has 4 nitrogen and oxygen atoms in total. The summed E-state index contributed by atoms with van der Waals surface area (Å²) in [5.41, 5.74) is -0.258. The summed E-state index contributed by atoms with van der Waals surface area (Å²) < 4.78 is 12.9. The summed E-state index contributed by atoms with van der Waals surface area (Å²) in [7, 11) is 0. The number of likely N-dealkylation sites (tertiary alicyclic amines) is 1. The SMILES string of the molecule is C[C@@H](CC(=O)N1CCC[C@@](O)(CO)C1)c1ccc(F)cc1. The summed E-state index contributed by atoms with van der Waals surface area (Å²) in [5, 5.41) is 19.3. The fourth-order valence-electron chi connectivity index (χ4n) is 2.75. The first kappa shape index (κ1) is 15.9. The van der Waals surface area contributed by atoms with Crippen molar-refractivity contribution < 1.29 is 19.4 Å². The highest BCUT2D eigenvalue weighted by molar-refractivity contribution is 5.77. The molecule has 0 bridgehead atoms. The van der Waals surface area contributed by atoms with E-state index in [-0.39, 0.29) is 30.8 Å². The predicted octanol–water partition coefficient (Wildman–Crippen LogP) is 1.67. The van der Waals surface area contributed by atoms with Gasteiger partial charge in [0.2, 0.25) is 5.91 Å². The van der Waals surface area contributed by atoms with Gasteiger partial charge < -0.3 is 15.1 Å². The summed E-state index contributed by atoms with van der Waals surface area (Å²) in [4.78, 5) is 13.9. The zero-order valence-corrected chi connectivity index (χ0v) is 12.3. The van der Waals surface area contributed by atoms with Crippen LogP contribution < -0.4 is 0 Å². The van der Waals surface area contributed by atoms with E-state index in [2.05, 4.69) is 0 Å². The molecule has 0 spiro atoms. The maximum absolute atomic E-state index is 12.9. The Morgan fingerprint density at radius 1 is 1.43 bits per heavy atom. The van der Waals surface area contributed by atoms with Gasteiger partial charge in [-0.1, -0.05) is 19.1 Å². The van der Waals surface area contributed by atoms with Gasteiger partial charge in [0, 0.05) is 13.0 Å². The van der Waals surface area contributed by atoms with Crippen LogP contribution in [0.3, 0.4) is 0 Å². The Morgan fingerprint density at radius 2 is 2.10 bits per heavy atom. The van der Waals surface area contributed by atoms with E-state index < -0.39 is 5.60 Å². The van der Waals surface area contributed by atoms with Crippen molar-refractivity contribution in [1.82, 2.24) is 4.90 Å². The van der Waals surface area contributed by atoms with Crippen molar-refractivity contribution in [2.75, 3.05) is 19.7 Å². The molecule has 0 unspecified atom stereocenters. The summed E-state index contributed by atoms with van der Waals surface area (Å²) >= 11 is 0. The van der Waals surface area contributed by atoms with Crippen LogP contribution in [-0.2, 0) is 4.79 Å². The van der Waals surface area contributed by atoms with E-state index in [0.29, 0.717) is 25.8 Å². The molecule has 5 heteroatoms. The summed E-state index contributed by atoms with van der Waals surface area (Å²) in [6.45, 7) is 2.38. The molecule has 0 aromatic heterocycles. The molecule has 1 fully saturated rings. The molecule has 2 rings (SSSR count). The largest absolute Gasteiger partial charge is 0.393 e. The van der Waals surface area contributed by atoms with Crippen molar-refractivity contribution in [1.29, 1.82) is 0 Å². The highest BCUT2D eigenvalue weighted by Crippen LogP contribution is 2.24. The fraction of sp³-hybridized carbons (Fsp3) is 0.562. The Labute approximate surface area is 124 Å².